The van der Waals surface area contributed by atoms with Gasteiger partial charge in [-0.2, -0.15) is 16.8 Å². The topological polar surface area (TPSA) is 97.7 Å². The molecule has 1 N–H and O–H groups in total. The molecule has 1 aromatic carbocycles. The number of hydrogen-bond donors (Lipinski definition) is 1. The molecule has 0 saturated carbocycles. The molecule has 1 aromatic rings. The summed E-state index contributed by atoms with van der Waals surface area (Å²) in [5.74, 6) is 0. The molecule has 0 amide bonds. The van der Waals surface area contributed by atoms with Crippen LogP contribution in [0.25, 0.3) is 6.08 Å². The van der Waals surface area contributed by atoms with E-state index < -0.39 is 25.1 Å². The summed E-state index contributed by atoms with van der Waals surface area (Å²) >= 11 is 0. The van der Waals surface area contributed by atoms with E-state index in [1.54, 1.807) is 0 Å². The fourth-order valence-electron chi connectivity index (χ4n) is 1.28. The predicted octanol–water partition coefficient (Wildman–Crippen LogP) is 1.30. The molecule has 0 radical (unpaired) electrons. The molecule has 0 atom stereocenters. The standard InChI is InChI=1S/C10H12O6S2/c1-3-8-5-6-9(17(11,12)13)7-10(8)18(14,15)16-4-2/h3,5-7H,1,4H2,2H3,(H,11,12,13). The van der Waals surface area contributed by atoms with E-state index in [4.69, 9.17) is 4.55 Å². The van der Waals surface area contributed by atoms with Crippen LogP contribution in [0.2, 0.25) is 0 Å². The quantitative estimate of drug-likeness (QED) is 0.649. The SMILES string of the molecule is C=Cc1ccc(S(=O)(=O)O)cc1S(=O)(=O)OCC. The molecule has 0 aliphatic rings. The Kier molecular flexibility index (Phi) is 4.28. The van der Waals surface area contributed by atoms with Crippen molar-refractivity contribution in [3.05, 3.63) is 30.3 Å². The van der Waals surface area contributed by atoms with Gasteiger partial charge in [0.15, 0.2) is 0 Å². The Morgan fingerprint density at radius 2 is 1.94 bits per heavy atom. The van der Waals surface area contributed by atoms with Crippen LogP contribution in [0.1, 0.15) is 12.5 Å². The zero-order valence-electron chi connectivity index (χ0n) is 9.53. The van der Waals surface area contributed by atoms with Crippen molar-refractivity contribution in [2.45, 2.75) is 16.7 Å². The summed E-state index contributed by atoms with van der Waals surface area (Å²) in [5, 5.41) is 0. The van der Waals surface area contributed by atoms with Gasteiger partial charge in [-0.3, -0.25) is 8.74 Å². The van der Waals surface area contributed by atoms with Gasteiger partial charge in [0.2, 0.25) is 0 Å². The maximum atomic E-state index is 11.7. The summed E-state index contributed by atoms with van der Waals surface area (Å²) in [7, 11) is -8.56. The van der Waals surface area contributed by atoms with Crippen LogP contribution < -0.4 is 0 Å². The third-order valence-corrected chi connectivity index (χ3v) is 4.33. The van der Waals surface area contributed by atoms with Gasteiger partial charge in [0.25, 0.3) is 20.2 Å². The van der Waals surface area contributed by atoms with E-state index in [9.17, 15) is 16.8 Å². The Hall–Kier alpha value is -1.22. The number of benzene rings is 1. The first-order valence-electron chi connectivity index (χ1n) is 4.85. The van der Waals surface area contributed by atoms with Gasteiger partial charge in [-0.1, -0.05) is 18.7 Å². The van der Waals surface area contributed by atoms with Crippen molar-refractivity contribution in [1.29, 1.82) is 0 Å². The van der Waals surface area contributed by atoms with Gasteiger partial charge in [-0.05, 0) is 24.6 Å². The lowest BCUT2D eigenvalue weighted by Gasteiger charge is -2.08. The van der Waals surface area contributed by atoms with E-state index in [-0.39, 0.29) is 17.1 Å². The molecule has 0 fully saturated rings. The highest BCUT2D eigenvalue weighted by Crippen LogP contribution is 2.23. The molecule has 0 aliphatic heterocycles. The third kappa shape index (κ3) is 3.16. The molecule has 0 aromatic heterocycles. The summed E-state index contributed by atoms with van der Waals surface area (Å²) in [6.07, 6.45) is 1.25. The molecular weight excluding hydrogens is 280 g/mol. The Morgan fingerprint density at radius 3 is 2.39 bits per heavy atom. The maximum absolute atomic E-state index is 11.7. The zero-order valence-corrected chi connectivity index (χ0v) is 11.2. The molecule has 0 saturated heterocycles. The molecule has 0 aliphatic carbocycles. The predicted molar refractivity (Wildman–Crippen MR) is 65.2 cm³/mol. The monoisotopic (exact) mass is 292 g/mol. The van der Waals surface area contributed by atoms with Crippen LogP contribution >= 0.6 is 0 Å². The van der Waals surface area contributed by atoms with E-state index in [1.807, 2.05) is 0 Å². The van der Waals surface area contributed by atoms with Crippen molar-refractivity contribution in [1.82, 2.24) is 0 Å². The minimum Gasteiger partial charge on any atom is -0.282 e. The van der Waals surface area contributed by atoms with Crippen molar-refractivity contribution in [3.8, 4) is 0 Å². The van der Waals surface area contributed by atoms with Gasteiger partial charge < -0.3 is 0 Å². The lowest BCUT2D eigenvalue weighted by Crippen LogP contribution is -2.09. The lowest BCUT2D eigenvalue weighted by atomic mass is 10.2. The van der Waals surface area contributed by atoms with Crippen molar-refractivity contribution < 1.29 is 25.6 Å². The van der Waals surface area contributed by atoms with Crippen LogP contribution in [0, 0.1) is 0 Å². The van der Waals surface area contributed by atoms with Crippen molar-refractivity contribution in [2.75, 3.05) is 6.61 Å². The minimum absolute atomic E-state index is 0.0883. The first-order valence-corrected chi connectivity index (χ1v) is 7.70. The molecule has 0 spiro atoms. The first kappa shape index (κ1) is 14.8. The fraction of sp³-hybridized carbons (Fsp3) is 0.200. The van der Waals surface area contributed by atoms with Crippen LogP contribution in [0.3, 0.4) is 0 Å². The molecule has 8 heteroatoms. The molecule has 100 valence electrons. The maximum Gasteiger partial charge on any atom is 0.297 e. The third-order valence-electron chi connectivity index (χ3n) is 2.05. The summed E-state index contributed by atoms with van der Waals surface area (Å²) in [6, 6.07) is 3.14. The average molecular weight is 292 g/mol. The molecule has 1 rings (SSSR count). The largest absolute Gasteiger partial charge is 0.297 e. The van der Waals surface area contributed by atoms with Crippen molar-refractivity contribution in [3.63, 3.8) is 0 Å². The fourth-order valence-corrected chi connectivity index (χ4v) is 3.01. The molecule has 0 bridgehead atoms. The van der Waals surface area contributed by atoms with Gasteiger partial charge in [0, 0.05) is 0 Å². The van der Waals surface area contributed by atoms with E-state index in [2.05, 4.69) is 10.8 Å². The highest BCUT2D eigenvalue weighted by Gasteiger charge is 2.21. The van der Waals surface area contributed by atoms with Crippen molar-refractivity contribution >= 4 is 26.3 Å². The van der Waals surface area contributed by atoms with Gasteiger partial charge >= 0.3 is 0 Å². The highest BCUT2D eigenvalue weighted by molar-refractivity contribution is 7.87. The summed E-state index contributed by atoms with van der Waals surface area (Å²) < 4.78 is 58.9. The molecule has 0 unspecified atom stereocenters. The Labute approximate surface area is 106 Å². The van der Waals surface area contributed by atoms with Crippen LogP contribution in [-0.4, -0.2) is 28.0 Å². The lowest BCUT2D eigenvalue weighted by molar-refractivity contribution is 0.338. The average Bonchev–Trinajstić information content (AvgIpc) is 2.27. The second-order valence-corrected chi connectivity index (χ2v) is 6.24. The second kappa shape index (κ2) is 5.19. The summed E-state index contributed by atoms with van der Waals surface area (Å²) in [4.78, 5) is -0.874. The van der Waals surface area contributed by atoms with Crippen LogP contribution in [0.4, 0.5) is 0 Å². The molecule has 0 heterocycles. The molecule has 6 nitrogen and oxygen atoms in total. The smallest absolute Gasteiger partial charge is 0.282 e. The van der Waals surface area contributed by atoms with Gasteiger partial charge in [-0.25, -0.2) is 0 Å². The van der Waals surface area contributed by atoms with Gasteiger partial charge in [-0.15, -0.1) is 0 Å². The molecular formula is C10H12O6S2. The van der Waals surface area contributed by atoms with Crippen LogP contribution in [0.5, 0.6) is 0 Å². The number of rotatable bonds is 5. The Bertz CT molecular complexity index is 658. The Morgan fingerprint density at radius 1 is 1.33 bits per heavy atom. The van der Waals surface area contributed by atoms with Gasteiger partial charge in [0.1, 0.15) is 4.90 Å². The summed E-state index contributed by atoms with van der Waals surface area (Å²) in [6.45, 7) is 4.82. The highest BCUT2D eigenvalue weighted by atomic mass is 32.2. The zero-order chi connectivity index (χ0) is 14.0. The van der Waals surface area contributed by atoms with Crippen molar-refractivity contribution in [2.24, 2.45) is 0 Å². The molecule has 18 heavy (non-hydrogen) atoms. The van der Waals surface area contributed by atoms with E-state index in [1.165, 1.54) is 19.1 Å². The normalized spacial score (nSPS) is 12.3. The van der Waals surface area contributed by atoms with E-state index >= 15 is 0 Å². The first-order chi connectivity index (χ1) is 8.22. The van der Waals surface area contributed by atoms with E-state index in [0.29, 0.717) is 0 Å². The minimum atomic E-state index is -4.48. The van der Waals surface area contributed by atoms with E-state index in [0.717, 1.165) is 12.1 Å². The Balaban J connectivity index is 3.55. The van der Waals surface area contributed by atoms with Crippen LogP contribution in [0.15, 0.2) is 34.6 Å². The number of hydrogen-bond acceptors (Lipinski definition) is 5. The summed E-state index contributed by atoms with van der Waals surface area (Å²) in [5.41, 5.74) is 0.191. The van der Waals surface area contributed by atoms with Gasteiger partial charge in [0.05, 0.1) is 11.5 Å². The van der Waals surface area contributed by atoms with Crippen LogP contribution in [-0.2, 0) is 24.4 Å². The second-order valence-electron chi connectivity index (χ2n) is 3.24.